The summed E-state index contributed by atoms with van der Waals surface area (Å²) in [7, 11) is 1.57. The highest BCUT2D eigenvalue weighted by Gasteiger charge is 2.18. The summed E-state index contributed by atoms with van der Waals surface area (Å²) in [4.78, 5) is 34.9. The van der Waals surface area contributed by atoms with Gasteiger partial charge in [-0.05, 0) is 29.8 Å². The number of pyridine rings is 2. The fourth-order valence-corrected chi connectivity index (χ4v) is 3.77. The maximum atomic E-state index is 12.4. The summed E-state index contributed by atoms with van der Waals surface area (Å²) < 4.78 is 29.1. The maximum absolute atomic E-state index is 12.4. The van der Waals surface area contributed by atoms with Gasteiger partial charge in [-0.15, -0.1) is 0 Å². The van der Waals surface area contributed by atoms with Crippen LogP contribution in [0.2, 0.25) is 0 Å². The number of carbonyl (C=O) groups is 1. The number of H-pyrrole nitrogens is 1. The van der Waals surface area contributed by atoms with Gasteiger partial charge in [0.15, 0.2) is 5.75 Å². The van der Waals surface area contributed by atoms with Crippen LogP contribution in [0.15, 0.2) is 47.4 Å². The Morgan fingerprint density at radius 1 is 1.19 bits per heavy atom. The third kappa shape index (κ3) is 4.86. The van der Waals surface area contributed by atoms with Crippen LogP contribution < -0.4 is 20.5 Å². The van der Waals surface area contributed by atoms with E-state index in [1.165, 1.54) is 6.07 Å². The van der Waals surface area contributed by atoms with Crippen molar-refractivity contribution in [2.24, 2.45) is 0 Å². The quantitative estimate of drug-likeness (QED) is 0.607. The van der Waals surface area contributed by atoms with Gasteiger partial charge in [0.25, 0.3) is 11.5 Å². The van der Waals surface area contributed by atoms with E-state index in [9.17, 15) is 18.4 Å². The summed E-state index contributed by atoms with van der Waals surface area (Å²) in [6, 6.07) is 10.5. The van der Waals surface area contributed by atoms with Gasteiger partial charge < -0.3 is 19.9 Å². The number of fused-ring (bicyclic) bond motifs is 1. The monoisotopic (exact) mass is 443 g/mol. The molecule has 1 saturated heterocycles. The van der Waals surface area contributed by atoms with Crippen molar-refractivity contribution in [3.8, 4) is 5.75 Å². The molecule has 0 aliphatic carbocycles. The van der Waals surface area contributed by atoms with Gasteiger partial charge in [0.2, 0.25) is 0 Å². The second kappa shape index (κ2) is 9.31. The Balaban J connectivity index is 1.38. The van der Waals surface area contributed by atoms with Crippen molar-refractivity contribution in [1.29, 1.82) is 0 Å². The molecule has 1 aliphatic rings. The predicted octanol–water partition coefficient (Wildman–Crippen LogP) is 2.21. The van der Waals surface area contributed by atoms with E-state index in [1.807, 2.05) is 18.2 Å². The van der Waals surface area contributed by atoms with Crippen LogP contribution in [0.25, 0.3) is 10.9 Å². The molecule has 10 heteroatoms. The number of benzene rings is 1. The molecule has 0 spiro atoms. The number of ether oxygens (including phenoxy) is 1. The van der Waals surface area contributed by atoms with Gasteiger partial charge in [-0.25, -0.2) is 4.98 Å². The lowest BCUT2D eigenvalue weighted by Gasteiger charge is -2.36. The van der Waals surface area contributed by atoms with E-state index in [0.29, 0.717) is 23.1 Å². The van der Waals surface area contributed by atoms with Gasteiger partial charge in [-0.3, -0.25) is 14.5 Å². The third-order valence-corrected chi connectivity index (χ3v) is 5.44. The average Bonchev–Trinajstić information content (AvgIpc) is 2.79. The zero-order valence-electron chi connectivity index (χ0n) is 17.5. The topological polar surface area (TPSA) is 90.6 Å². The number of alkyl halides is 2. The average molecular weight is 443 g/mol. The van der Waals surface area contributed by atoms with Gasteiger partial charge in [-0.1, -0.05) is 12.1 Å². The number of hydrogen-bond acceptors (Lipinski definition) is 6. The molecule has 4 rings (SSSR count). The number of nitrogens with one attached hydrogen (secondary N) is 2. The van der Waals surface area contributed by atoms with Crippen LogP contribution >= 0.6 is 0 Å². The summed E-state index contributed by atoms with van der Waals surface area (Å²) >= 11 is 0. The number of halogens is 2. The van der Waals surface area contributed by atoms with Crippen LogP contribution in [-0.4, -0.2) is 60.6 Å². The van der Waals surface area contributed by atoms with Crippen molar-refractivity contribution in [2.75, 3.05) is 38.1 Å². The number of nitrogens with zero attached hydrogens (tertiary/aromatic N) is 3. The second-order valence-corrected chi connectivity index (χ2v) is 7.51. The summed E-state index contributed by atoms with van der Waals surface area (Å²) in [6.07, 6.45) is 1.71. The first-order valence-electron chi connectivity index (χ1n) is 10.2. The summed E-state index contributed by atoms with van der Waals surface area (Å²) in [6.45, 7) is 0.977. The van der Waals surface area contributed by atoms with Crippen LogP contribution in [0.5, 0.6) is 5.75 Å². The number of piperazine rings is 1. The minimum atomic E-state index is -3.05. The van der Waals surface area contributed by atoms with E-state index in [2.05, 4.69) is 29.8 Å². The molecular formula is C22H23F2N5O3. The molecule has 1 amide bonds. The minimum absolute atomic E-state index is 0.212. The van der Waals surface area contributed by atoms with Crippen LogP contribution in [0.3, 0.4) is 0 Å². The molecule has 32 heavy (non-hydrogen) atoms. The fraction of sp³-hybridized carbons (Fsp3) is 0.318. The smallest absolute Gasteiger partial charge is 0.387 e. The van der Waals surface area contributed by atoms with E-state index in [0.717, 1.165) is 37.4 Å². The summed E-state index contributed by atoms with van der Waals surface area (Å²) in [5.74, 6) is -0.606. The first-order valence-corrected chi connectivity index (χ1v) is 10.2. The lowest BCUT2D eigenvalue weighted by Crippen LogP contribution is -2.46. The molecule has 8 nitrogen and oxygen atoms in total. The largest absolute Gasteiger partial charge is 0.429 e. The molecule has 0 atom stereocenters. The Labute approximate surface area is 182 Å². The van der Waals surface area contributed by atoms with Crippen LogP contribution in [-0.2, 0) is 6.54 Å². The van der Waals surface area contributed by atoms with Crippen molar-refractivity contribution >= 4 is 22.5 Å². The zero-order valence-corrected chi connectivity index (χ0v) is 17.5. The van der Waals surface area contributed by atoms with E-state index in [1.54, 1.807) is 25.4 Å². The standard InChI is InChI=1S/C22H23F2N5O3/c1-25-20(30)17-5-4-16(12-26-17)29-8-6-28(7-9-29)13-14-2-3-15-11-19(32-22(23)24)21(31)27-18(15)10-14/h2-5,10-12,22H,6-9,13H2,1H3,(H,25,30)(H,27,31). The number of rotatable bonds is 6. The lowest BCUT2D eigenvalue weighted by molar-refractivity contribution is -0.0507. The van der Waals surface area contributed by atoms with Gasteiger partial charge in [0, 0.05) is 50.7 Å². The number of amides is 1. The zero-order chi connectivity index (χ0) is 22.7. The number of aromatic amines is 1. The van der Waals surface area contributed by atoms with Crippen molar-refractivity contribution in [3.63, 3.8) is 0 Å². The molecule has 1 aromatic carbocycles. The van der Waals surface area contributed by atoms with Crippen molar-refractivity contribution < 1.29 is 18.3 Å². The van der Waals surface area contributed by atoms with Crippen molar-refractivity contribution in [1.82, 2.24) is 20.2 Å². The number of hydrogen-bond donors (Lipinski definition) is 2. The van der Waals surface area contributed by atoms with Crippen LogP contribution in [0, 0.1) is 0 Å². The molecule has 2 N–H and O–H groups in total. The van der Waals surface area contributed by atoms with E-state index in [-0.39, 0.29) is 5.91 Å². The van der Waals surface area contributed by atoms with E-state index < -0.39 is 17.9 Å². The lowest BCUT2D eigenvalue weighted by atomic mass is 10.1. The number of aromatic nitrogens is 2. The Morgan fingerprint density at radius 3 is 2.62 bits per heavy atom. The Kier molecular flexibility index (Phi) is 6.31. The van der Waals surface area contributed by atoms with E-state index >= 15 is 0 Å². The predicted molar refractivity (Wildman–Crippen MR) is 116 cm³/mol. The first kappa shape index (κ1) is 21.7. The van der Waals surface area contributed by atoms with Crippen LogP contribution in [0.1, 0.15) is 16.1 Å². The first-order chi connectivity index (χ1) is 15.4. The molecule has 168 valence electrons. The summed E-state index contributed by atoms with van der Waals surface area (Å²) in [5.41, 5.74) is 2.27. The highest BCUT2D eigenvalue weighted by Crippen LogP contribution is 2.20. The normalized spacial score (nSPS) is 14.7. The van der Waals surface area contributed by atoms with Crippen LogP contribution in [0.4, 0.5) is 14.5 Å². The molecule has 0 saturated carbocycles. The fourth-order valence-electron chi connectivity index (χ4n) is 3.77. The number of anilines is 1. The Bertz CT molecular complexity index is 1160. The molecule has 3 aromatic rings. The highest BCUT2D eigenvalue weighted by atomic mass is 19.3. The highest BCUT2D eigenvalue weighted by molar-refractivity contribution is 5.92. The molecular weight excluding hydrogens is 420 g/mol. The van der Waals surface area contributed by atoms with Gasteiger partial charge in [0.1, 0.15) is 5.69 Å². The maximum Gasteiger partial charge on any atom is 0.387 e. The van der Waals surface area contributed by atoms with Gasteiger partial charge >= 0.3 is 6.61 Å². The van der Waals surface area contributed by atoms with Crippen molar-refractivity contribution in [2.45, 2.75) is 13.2 Å². The SMILES string of the molecule is CNC(=O)c1ccc(N2CCN(Cc3ccc4cc(OC(F)F)c(=O)[nH]c4c3)CC2)cn1. The molecule has 0 unspecified atom stereocenters. The second-order valence-electron chi connectivity index (χ2n) is 7.51. The molecule has 3 heterocycles. The molecule has 0 bridgehead atoms. The molecule has 1 aliphatic heterocycles. The molecule has 0 radical (unpaired) electrons. The minimum Gasteiger partial charge on any atom is -0.429 e. The number of carbonyl (C=O) groups excluding carboxylic acids is 1. The van der Waals surface area contributed by atoms with Gasteiger partial charge in [-0.2, -0.15) is 8.78 Å². The molecule has 2 aromatic heterocycles. The third-order valence-electron chi connectivity index (χ3n) is 5.44. The Hall–Kier alpha value is -3.53. The van der Waals surface area contributed by atoms with Crippen molar-refractivity contribution in [3.05, 3.63) is 64.2 Å². The van der Waals surface area contributed by atoms with E-state index in [4.69, 9.17) is 0 Å². The van der Waals surface area contributed by atoms with Gasteiger partial charge in [0.05, 0.1) is 11.9 Å². The molecule has 1 fully saturated rings. The summed E-state index contributed by atoms with van der Waals surface area (Å²) in [5, 5.41) is 3.18. The Morgan fingerprint density at radius 2 is 1.97 bits per heavy atom.